The summed E-state index contributed by atoms with van der Waals surface area (Å²) in [7, 11) is 0. The molecule has 1 aliphatic heterocycles. The van der Waals surface area contributed by atoms with Crippen LogP contribution in [0.1, 0.15) is 121 Å². The molecule has 0 bridgehead atoms. The highest BCUT2D eigenvalue weighted by Gasteiger charge is 2.42. The lowest BCUT2D eigenvalue weighted by molar-refractivity contribution is 0.0323. The molecule has 0 saturated heterocycles. The Morgan fingerprint density at radius 3 is 1.71 bits per heavy atom. The Hall–Kier alpha value is -0.800. The fraction of sp³-hybridized carbons (Fsp3) is 0.742. The molecule has 0 saturated carbocycles. The zero-order chi connectivity index (χ0) is 24.9. The van der Waals surface area contributed by atoms with Gasteiger partial charge in [-0.05, 0) is 75.3 Å². The van der Waals surface area contributed by atoms with Crippen molar-refractivity contribution in [2.24, 2.45) is 23.7 Å². The first-order valence-electron chi connectivity index (χ1n) is 14.0. The van der Waals surface area contributed by atoms with Gasteiger partial charge in [0.2, 0.25) is 0 Å². The Morgan fingerprint density at radius 1 is 0.676 bits per heavy atom. The fourth-order valence-electron chi connectivity index (χ4n) is 5.51. The van der Waals surface area contributed by atoms with Crippen LogP contribution in [0.4, 0.5) is 0 Å². The van der Waals surface area contributed by atoms with Gasteiger partial charge < -0.3 is 4.74 Å². The third-order valence-electron chi connectivity index (χ3n) is 7.72. The molecule has 2 unspecified atom stereocenters. The number of hydrogen-bond donors (Lipinski definition) is 0. The molecule has 2 atom stereocenters. The molecule has 3 heterocycles. The van der Waals surface area contributed by atoms with Gasteiger partial charge in [-0.1, -0.05) is 80.1 Å². The smallest absolute Gasteiger partial charge is 0.140 e. The molecule has 2 aromatic rings. The lowest BCUT2D eigenvalue weighted by atomic mass is 9.78. The quantitative estimate of drug-likeness (QED) is 0.249. The molecule has 0 radical (unpaired) electrons. The van der Waals surface area contributed by atoms with Crippen molar-refractivity contribution >= 4 is 22.7 Å². The lowest BCUT2D eigenvalue weighted by Crippen LogP contribution is -2.36. The first-order chi connectivity index (χ1) is 16.1. The van der Waals surface area contributed by atoms with Crippen LogP contribution in [0.5, 0.6) is 5.75 Å². The summed E-state index contributed by atoms with van der Waals surface area (Å²) < 4.78 is 7.08. The van der Waals surface area contributed by atoms with Gasteiger partial charge in [0, 0.05) is 15.3 Å². The van der Waals surface area contributed by atoms with Crippen molar-refractivity contribution in [3.63, 3.8) is 0 Å². The number of aryl methyl sites for hydroxylation is 2. The maximum Gasteiger partial charge on any atom is 0.140 e. The van der Waals surface area contributed by atoms with Crippen LogP contribution in [0.15, 0.2) is 12.1 Å². The van der Waals surface area contributed by atoms with Crippen LogP contribution in [0, 0.1) is 37.5 Å². The standard InChI is InChI=1S/C31H50OS2/c1-21(2)11-9-13-23(5)15-17-31(18-16-24(6)14-10-12-22(3)4)27-19-25(7)33-29(27)30-28(32-31)20-26(8)34-30/h19-24H,9-18H2,1-8H3. The van der Waals surface area contributed by atoms with Gasteiger partial charge in [-0.2, -0.15) is 0 Å². The minimum absolute atomic E-state index is 0.154. The van der Waals surface area contributed by atoms with Crippen LogP contribution >= 0.6 is 22.7 Å². The third-order valence-corrected chi connectivity index (χ3v) is 9.96. The molecule has 3 rings (SSSR count). The molecule has 0 fully saturated rings. The largest absolute Gasteiger partial charge is 0.481 e. The Bertz CT molecular complexity index is 863. The summed E-state index contributed by atoms with van der Waals surface area (Å²) in [5.74, 6) is 4.30. The van der Waals surface area contributed by atoms with Crippen LogP contribution in [0.2, 0.25) is 0 Å². The molecule has 192 valence electrons. The van der Waals surface area contributed by atoms with E-state index in [1.54, 1.807) is 0 Å². The molecule has 0 aliphatic carbocycles. The minimum Gasteiger partial charge on any atom is -0.481 e. The number of thiophene rings is 2. The highest BCUT2D eigenvalue weighted by atomic mass is 32.1. The van der Waals surface area contributed by atoms with Crippen LogP contribution in [0.25, 0.3) is 9.75 Å². The van der Waals surface area contributed by atoms with E-state index in [1.165, 1.54) is 76.4 Å². The van der Waals surface area contributed by atoms with Gasteiger partial charge in [0.05, 0.1) is 9.75 Å². The predicted molar refractivity (Wildman–Crippen MR) is 154 cm³/mol. The van der Waals surface area contributed by atoms with E-state index in [4.69, 9.17) is 4.74 Å². The minimum atomic E-state index is -0.154. The maximum atomic E-state index is 7.08. The topological polar surface area (TPSA) is 9.23 Å². The van der Waals surface area contributed by atoms with Crippen LogP contribution < -0.4 is 4.74 Å². The average molecular weight is 503 g/mol. The van der Waals surface area contributed by atoms with Crippen molar-refractivity contribution in [3.8, 4) is 15.5 Å². The van der Waals surface area contributed by atoms with Crippen molar-refractivity contribution in [2.45, 2.75) is 125 Å². The Kier molecular flexibility index (Phi) is 10.2. The maximum absolute atomic E-state index is 7.08. The number of fused-ring (bicyclic) bond motifs is 3. The molecular weight excluding hydrogens is 452 g/mol. The summed E-state index contributed by atoms with van der Waals surface area (Å²) in [6.45, 7) is 18.8. The molecule has 3 heteroatoms. The Labute approximate surface area is 218 Å². The van der Waals surface area contributed by atoms with Crippen LogP contribution in [-0.4, -0.2) is 0 Å². The van der Waals surface area contributed by atoms with Gasteiger partial charge in [-0.3, -0.25) is 0 Å². The van der Waals surface area contributed by atoms with Gasteiger partial charge in [0.1, 0.15) is 11.4 Å². The Morgan fingerprint density at radius 2 is 1.18 bits per heavy atom. The molecule has 34 heavy (non-hydrogen) atoms. The van der Waals surface area contributed by atoms with Crippen molar-refractivity contribution in [2.75, 3.05) is 0 Å². The van der Waals surface area contributed by atoms with Crippen LogP contribution in [0.3, 0.4) is 0 Å². The molecule has 1 aliphatic rings. The summed E-state index contributed by atoms with van der Waals surface area (Å²) in [5.41, 5.74) is 1.34. The number of rotatable bonds is 14. The van der Waals surface area contributed by atoms with Crippen molar-refractivity contribution < 1.29 is 4.74 Å². The van der Waals surface area contributed by atoms with E-state index in [1.807, 2.05) is 22.7 Å². The van der Waals surface area contributed by atoms with Gasteiger partial charge in [-0.15, -0.1) is 22.7 Å². The molecular formula is C31H50OS2. The predicted octanol–water partition coefficient (Wildman–Crippen LogP) is 11.2. The summed E-state index contributed by atoms with van der Waals surface area (Å²) in [5, 5.41) is 0. The lowest BCUT2D eigenvalue weighted by Gasteiger charge is -2.39. The van der Waals surface area contributed by atoms with E-state index in [0.717, 1.165) is 42.3 Å². The normalized spacial score (nSPS) is 19.2. The van der Waals surface area contributed by atoms with Gasteiger partial charge in [-0.25, -0.2) is 0 Å². The first-order valence-corrected chi connectivity index (χ1v) is 15.6. The Balaban J connectivity index is 1.78. The zero-order valence-corrected chi connectivity index (χ0v) is 24.9. The van der Waals surface area contributed by atoms with E-state index in [0.29, 0.717) is 0 Å². The fourth-order valence-corrected chi connectivity index (χ4v) is 7.69. The van der Waals surface area contributed by atoms with E-state index < -0.39 is 0 Å². The summed E-state index contributed by atoms with van der Waals surface area (Å²) in [6.07, 6.45) is 12.9. The SMILES string of the molecule is Cc1cc2c(s1)-c1sc(C)cc1C(CCC(C)CCCC(C)C)(CCC(C)CCCC(C)C)O2. The van der Waals surface area contributed by atoms with Gasteiger partial charge in [0.25, 0.3) is 0 Å². The molecule has 0 amide bonds. The molecule has 0 aromatic carbocycles. The van der Waals surface area contributed by atoms with E-state index in [9.17, 15) is 0 Å². The molecule has 2 aromatic heterocycles. The van der Waals surface area contributed by atoms with Crippen molar-refractivity contribution in [1.29, 1.82) is 0 Å². The second-order valence-corrected chi connectivity index (χ2v) is 14.7. The number of ether oxygens (including phenoxy) is 1. The van der Waals surface area contributed by atoms with E-state index in [-0.39, 0.29) is 5.60 Å². The van der Waals surface area contributed by atoms with Crippen molar-refractivity contribution in [1.82, 2.24) is 0 Å². The first kappa shape index (κ1) is 27.8. The second kappa shape index (κ2) is 12.4. The third kappa shape index (κ3) is 7.36. The highest BCUT2D eigenvalue weighted by molar-refractivity contribution is 7.22. The van der Waals surface area contributed by atoms with E-state index in [2.05, 4.69) is 67.5 Å². The zero-order valence-electron chi connectivity index (χ0n) is 23.3. The molecule has 0 N–H and O–H groups in total. The average Bonchev–Trinajstić information content (AvgIpc) is 3.32. The van der Waals surface area contributed by atoms with Crippen molar-refractivity contribution in [3.05, 3.63) is 27.5 Å². The highest BCUT2D eigenvalue weighted by Crippen LogP contribution is 2.55. The summed E-state index contributed by atoms with van der Waals surface area (Å²) >= 11 is 3.89. The van der Waals surface area contributed by atoms with Gasteiger partial charge in [0.15, 0.2) is 0 Å². The summed E-state index contributed by atoms with van der Waals surface area (Å²) in [4.78, 5) is 5.65. The number of hydrogen-bond acceptors (Lipinski definition) is 3. The molecule has 0 spiro atoms. The van der Waals surface area contributed by atoms with Crippen LogP contribution in [-0.2, 0) is 5.60 Å². The summed E-state index contributed by atoms with van der Waals surface area (Å²) in [6, 6.07) is 4.76. The van der Waals surface area contributed by atoms with E-state index >= 15 is 0 Å². The monoisotopic (exact) mass is 502 g/mol. The second-order valence-electron chi connectivity index (χ2n) is 12.2. The van der Waals surface area contributed by atoms with Gasteiger partial charge >= 0.3 is 0 Å². The molecule has 1 nitrogen and oxygen atoms in total.